The summed E-state index contributed by atoms with van der Waals surface area (Å²) in [4.78, 5) is 6.19. The molecule has 0 aromatic carbocycles. The number of aliphatic imine (C=N–C) groups is 1. The van der Waals surface area contributed by atoms with Gasteiger partial charge in [-0.25, -0.2) is 4.99 Å². The van der Waals surface area contributed by atoms with Crippen LogP contribution in [-0.4, -0.2) is 51.6 Å². The highest BCUT2D eigenvalue weighted by molar-refractivity contribution is 6.01. The second-order valence-electron chi connectivity index (χ2n) is 5.25. The van der Waals surface area contributed by atoms with Crippen LogP contribution in [0.25, 0.3) is 0 Å². The molecule has 1 aliphatic heterocycles. The third-order valence-corrected chi connectivity index (χ3v) is 3.55. The monoisotopic (exact) mass is 278 g/mol. The maximum atomic E-state index is 9.11. The molecule has 1 aromatic heterocycles. The van der Waals surface area contributed by atoms with Crippen molar-refractivity contribution in [1.82, 2.24) is 15.1 Å². The van der Waals surface area contributed by atoms with Gasteiger partial charge in [0.25, 0.3) is 0 Å². The highest BCUT2D eigenvalue weighted by Gasteiger charge is 2.20. The van der Waals surface area contributed by atoms with Crippen LogP contribution in [0.3, 0.4) is 0 Å². The van der Waals surface area contributed by atoms with Crippen LogP contribution >= 0.6 is 0 Å². The number of nitrogens with two attached hydrogens (primary N) is 1. The van der Waals surface area contributed by atoms with Crippen molar-refractivity contribution < 1.29 is 5.11 Å². The second kappa shape index (κ2) is 6.51. The number of nitrogens with one attached hydrogen (secondary N) is 2. The number of nitrogens with zero attached hydrogens (tertiary/aromatic N) is 3. The van der Waals surface area contributed by atoms with Crippen molar-refractivity contribution in [2.45, 2.75) is 26.2 Å². The van der Waals surface area contributed by atoms with E-state index in [9.17, 15) is 0 Å². The molecule has 1 fully saturated rings. The molecule has 1 saturated heterocycles. The lowest BCUT2D eigenvalue weighted by Crippen LogP contribution is -2.40. The van der Waals surface area contributed by atoms with Crippen LogP contribution in [0.2, 0.25) is 0 Å². The molecule has 0 aliphatic carbocycles. The van der Waals surface area contributed by atoms with E-state index in [0.29, 0.717) is 29.8 Å². The zero-order valence-electron chi connectivity index (χ0n) is 11.8. The number of H-pyrrole nitrogens is 1. The van der Waals surface area contributed by atoms with Gasteiger partial charge < -0.3 is 15.7 Å². The Hall–Kier alpha value is -1.89. The average Bonchev–Trinajstić information content (AvgIpc) is 2.84. The number of hydrogen-bond acceptors (Lipinski definition) is 4. The lowest BCUT2D eigenvalue weighted by atomic mass is 9.97. The van der Waals surface area contributed by atoms with Crippen molar-refractivity contribution in [3.05, 3.63) is 11.8 Å². The normalized spacial score (nSPS) is 17.5. The molecular weight excluding hydrogens is 256 g/mol. The fourth-order valence-corrected chi connectivity index (χ4v) is 2.32. The Morgan fingerprint density at radius 1 is 1.60 bits per heavy atom. The summed E-state index contributed by atoms with van der Waals surface area (Å²) in [5.41, 5.74) is 6.79. The number of piperidine rings is 1. The topological polar surface area (TPSA) is 114 Å². The first kappa shape index (κ1) is 14.5. The van der Waals surface area contributed by atoms with Crippen molar-refractivity contribution in [1.29, 1.82) is 5.41 Å². The summed E-state index contributed by atoms with van der Waals surface area (Å²) in [7, 11) is 0. The van der Waals surface area contributed by atoms with Gasteiger partial charge in [0.15, 0.2) is 5.82 Å². The molecule has 7 heteroatoms. The summed E-state index contributed by atoms with van der Waals surface area (Å²) in [5.74, 6) is 1.80. The number of aliphatic hydroxyl groups is 1. The van der Waals surface area contributed by atoms with Crippen LogP contribution in [0.4, 0.5) is 5.82 Å². The fraction of sp³-hybridized carbons (Fsp3) is 0.615. The Balaban J connectivity index is 1.86. The minimum atomic E-state index is 0.239. The summed E-state index contributed by atoms with van der Waals surface area (Å²) >= 11 is 0. The molecule has 1 aromatic rings. The summed E-state index contributed by atoms with van der Waals surface area (Å²) in [5, 5.41) is 24.0. The van der Waals surface area contributed by atoms with Crippen LogP contribution < -0.4 is 5.73 Å². The van der Waals surface area contributed by atoms with E-state index >= 15 is 0 Å². The van der Waals surface area contributed by atoms with Gasteiger partial charge in [-0.2, -0.15) is 5.10 Å². The summed E-state index contributed by atoms with van der Waals surface area (Å²) in [6.07, 6.45) is 2.18. The quantitative estimate of drug-likeness (QED) is 0.481. The van der Waals surface area contributed by atoms with Crippen LogP contribution in [0.1, 0.15) is 25.0 Å². The van der Waals surface area contributed by atoms with E-state index in [1.54, 1.807) is 0 Å². The number of aryl methyl sites for hydroxylation is 1. The number of hydrogen-bond donors (Lipinski definition) is 4. The van der Waals surface area contributed by atoms with E-state index in [1.807, 2.05) is 17.9 Å². The van der Waals surface area contributed by atoms with Gasteiger partial charge in [0.1, 0.15) is 11.7 Å². The summed E-state index contributed by atoms with van der Waals surface area (Å²) in [6, 6.07) is 1.81. The second-order valence-corrected chi connectivity index (χ2v) is 5.25. The molecule has 20 heavy (non-hydrogen) atoms. The van der Waals surface area contributed by atoms with Gasteiger partial charge in [-0.3, -0.25) is 10.5 Å². The highest BCUT2D eigenvalue weighted by atomic mass is 16.3. The molecule has 2 heterocycles. The Kier molecular flexibility index (Phi) is 4.73. The molecule has 7 nitrogen and oxygen atoms in total. The van der Waals surface area contributed by atoms with Gasteiger partial charge in [-0.1, -0.05) is 0 Å². The van der Waals surface area contributed by atoms with Crippen LogP contribution in [0.15, 0.2) is 11.1 Å². The Labute approximate surface area is 118 Å². The fourth-order valence-electron chi connectivity index (χ4n) is 2.32. The van der Waals surface area contributed by atoms with Gasteiger partial charge >= 0.3 is 0 Å². The van der Waals surface area contributed by atoms with Crippen molar-refractivity contribution >= 4 is 17.5 Å². The molecule has 0 bridgehead atoms. The number of aromatic amines is 1. The van der Waals surface area contributed by atoms with E-state index in [1.165, 1.54) is 0 Å². The van der Waals surface area contributed by atoms with E-state index in [2.05, 4.69) is 15.2 Å². The van der Waals surface area contributed by atoms with Gasteiger partial charge in [-0.05, 0) is 25.7 Å². The minimum absolute atomic E-state index is 0.239. The number of aliphatic hydroxyl groups excluding tert-OH is 1. The number of aromatic nitrogens is 2. The zero-order valence-corrected chi connectivity index (χ0v) is 11.8. The van der Waals surface area contributed by atoms with Crippen molar-refractivity contribution in [3.8, 4) is 0 Å². The van der Waals surface area contributed by atoms with Crippen molar-refractivity contribution in [2.75, 3.05) is 19.7 Å². The molecule has 0 radical (unpaired) electrons. The first-order valence-electron chi connectivity index (χ1n) is 6.86. The first-order chi connectivity index (χ1) is 9.58. The predicted molar refractivity (Wildman–Crippen MR) is 78.3 cm³/mol. The van der Waals surface area contributed by atoms with Crippen molar-refractivity contribution in [3.63, 3.8) is 0 Å². The molecular formula is C13H22N6O. The zero-order chi connectivity index (χ0) is 14.5. The predicted octanol–water partition coefficient (Wildman–Crippen LogP) is 0.778. The van der Waals surface area contributed by atoms with E-state index < -0.39 is 0 Å². The van der Waals surface area contributed by atoms with Gasteiger partial charge in [0.05, 0.1) is 6.42 Å². The van der Waals surface area contributed by atoms with Crippen LogP contribution in [-0.2, 0) is 0 Å². The Bertz CT molecular complexity index is 487. The summed E-state index contributed by atoms with van der Waals surface area (Å²) < 4.78 is 0. The standard InChI is InChI=1S/C13H22N6O/c1-9-6-13(18-17-9)16-11(14)7-12(15)19-4-2-10(8-20)3-5-19/h6,10,15,20H,2-5,7-8H2,1H3,(H3,14,16,17,18). The number of likely N-dealkylation sites (tertiary alicyclic amines) is 1. The molecule has 0 spiro atoms. The lowest BCUT2D eigenvalue weighted by molar-refractivity contribution is 0.165. The number of amidine groups is 2. The Morgan fingerprint density at radius 3 is 2.85 bits per heavy atom. The molecule has 0 amide bonds. The van der Waals surface area contributed by atoms with E-state index in [4.69, 9.17) is 16.2 Å². The molecule has 5 N–H and O–H groups in total. The van der Waals surface area contributed by atoms with E-state index in [-0.39, 0.29) is 6.61 Å². The summed E-state index contributed by atoms with van der Waals surface area (Å²) in [6.45, 7) is 3.75. The molecule has 2 rings (SSSR count). The van der Waals surface area contributed by atoms with Crippen LogP contribution in [0.5, 0.6) is 0 Å². The average molecular weight is 278 g/mol. The minimum Gasteiger partial charge on any atom is -0.396 e. The third kappa shape index (κ3) is 3.80. The largest absolute Gasteiger partial charge is 0.396 e. The molecule has 0 atom stereocenters. The molecule has 1 aliphatic rings. The maximum absolute atomic E-state index is 9.11. The smallest absolute Gasteiger partial charge is 0.175 e. The SMILES string of the molecule is Cc1cc(N=C(N)CC(=N)N2CCC(CO)CC2)n[nH]1. The molecule has 0 saturated carbocycles. The first-order valence-corrected chi connectivity index (χ1v) is 6.86. The Morgan fingerprint density at radius 2 is 2.30 bits per heavy atom. The number of rotatable bonds is 4. The third-order valence-electron chi connectivity index (χ3n) is 3.55. The van der Waals surface area contributed by atoms with E-state index in [0.717, 1.165) is 31.6 Å². The van der Waals surface area contributed by atoms with Gasteiger partial charge in [-0.15, -0.1) is 0 Å². The van der Waals surface area contributed by atoms with Crippen molar-refractivity contribution in [2.24, 2.45) is 16.6 Å². The molecule has 110 valence electrons. The lowest BCUT2D eigenvalue weighted by Gasteiger charge is -2.32. The van der Waals surface area contributed by atoms with Crippen LogP contribution in [0, 0.1) is 18.3 Å². The molecule has 0 unspecified atom stereocenters. The highest BCUT2D eigenvalue weighted by Crippen LogP contribution is 2.17. The van der Waals surface area contributed by atoms with Gasteiger partial charge in [0, 0.05) is 31.5 Å². The van der Waals surface area contributed by atoms with Gasteiger partial charge in [0.2, 0.25) is 0 Å². The maximum Gasteiger partial charge on any atom is 0.175 e.